The lowest BCUT2D eigenvalue weighted by Gasteiger charge is -2.10. The van der Waals surface area contributed by atoms with Crippen LogP contribution in [0, 0.1) is 13.8 Å². The molecule has 3 aromatic rings. The molecule has 0 saturated carbocycles. The number of ether oxygens (including phenoxy) is 1. The number of fused-ring (bicyclic) bond motifs is 1. The highest BCUT2D eigenvalue weighted by molar-refractivity contribution is 9.10. The minimum absolute atomic E-state index is 0.121. The van der Waals surface area contributed by atoms with Gasteiger partial charge in [0, 0.05) is 17.0 Å². The molecule has 1 aromatic carbocycles. The number of para-hydroxylation sites is 1. The number of carbonyl (C=O) groups is 1. The molecule has 0 spiro atoms. The normalized spacial score (nSPS) is 11.0. The molecule has 0 amide bonds. The predicted molar refractivity (Wildman–Crippen MR) is 95.5 cm³/mol. The molecule has 24 heavy (non-hydrogen) atoms. The second kappa shape index (κ2) is 6.90. The largest absolute Gasteiger partial charge is 0.425 e. The molecule has 0 atom stereocenters. The van der Waals surface area contributed by atoms with Crippen molar-refractivity contribution in [2.24, 2.45) is 0 Å². The van der Waals surface area contributed by atoms with E-state index in [-0.39, 0.29) is 12.4 Å². The van der Waals surface area contributed by atoms with E-state index >= 15 is 0 Å². The van der Waals surface area contributed by atoms with E-state index in [0.29, 0.717) is 16.7 Å². The summed E-state index contributed by atoms with van der Waals surface area (Å²) in [7, 11) is 0. The molecule has 0 unspecified atom stereocenters. The predicted octanol–water partition coefficient (Wildman–Crippen LogP) is 3.37. The van der Waals surface area contributed by atoms with Gasteiger partial charge < -0.3 is 4.74 Å². The molecule has 6 nitrogen and oxygen atoms in total. The number of carbonyl (C=O) groups excluding carboxylic acids is 1. The first-order chi connectivity index (χ1) is 11.5. The Morgan fingerprint density at radius 3 is 2.75 bits per heavy atom. The molecule has 124 valence electrons. The Balaban J connectivity index is 1.89. The maximum atomic E-state index is 12.3. The van der Waals surface area contributed by atoms with Crippen LogP contribution < -0.4 is 4.74 Å². The fraction of sp³-hybridized carbons (Fsp3) is 0.250. The standard InChI is InChI=1S/C16H15BrN4O2S/c1-9-11(8-14(22)23-13-7-5-4-6-12(13)17)10(2)21-15(18-9)19-16(20-21)24-3/h4-7H,8H2,1-3H3. The third kappa shape index (κ3) is 3.29. The molecule has 0 bridgehead atoms. The van der Waals surface area contributed by atoms with Crippen LogP contribution in [-0.4, -0.2) is 31.8 Å². The van der Waals surface area contributed by atoms with Crippen LogP contribution in [0.5, 0.6) is 5.75 Å². The average Bonchev–Trinajstić information content (AvgIpc) is 2.97. The zero-order valence-corrected chi connectivity index (χ0v) is 15.8. The van der Waals surface area contributed by atoms with E-state index in [1.807, 2.05) is 38.3 Å². The van der Waals surface area contributed by atoms with Crippen molar-refractivity contribution in [1.29, 1.82) is 0 Å². The van der Waals surface area contributed by atoms with Gasteiger partial charge in [-0.25, -0.2) is 9.50 Å². The van der Waals surface area contributed by atoms with Crippen molar-refractivity contribution in [3.05, 3.63) is 45.7 Å². The van der Waals surface area contributed by atoms with Gasteiger partial charge in [0.1, 0.15) is 5.75 Å². The van der Waals surface area contributed by atoms with Gasteiger partial charge in [0.15, 0.2) is 0 Å². The summed E-state index contributed by atoms with van der Waals surface area (Å²) >= 11 is 4.82. The van der Waals surface area contributed by atoms with Crippen molar-refractivity contribution >= 4 is 39.4 Å². The maximum absolute atomic E-state index is 12.3. The second-order valence-corrected chi connectivity index (χ2v) is 6.78. The Morgan fingerprint density at radius 2 is 2.04 bits per heavy atom. The first-order valence-corrected chi connectivity index (χ1v) is 9.23. The maximum Gasteiger partial charge on any atom is 0.315 e. The monoisotopic (exact) mass is 406 g/mol. The van der Waals surface area contributed by atoms with Gasteiger partial charge in [0.05, 0.1) is 10.9 Å². The van der Waals surface area contributed by atoms with Crippen molar-refractivity contribution in [2.75, 3.05) is 6.26 Å². The summed E-state index contributed by atoms with van der Waals surface area (Å²) in [5.41, 5.74) is 2.40. The van der Waals surface area contributed by atoms with Gasteiger partial charge in [-0.05, 0) is 48.2 Å². The molecule has 8 heteroatoms. The van der Waals surface area contributed by atoms with Gasteiger partial charge in [0.25, 0.3) is 5.78 Å². The summed E-state index contributed by atoms with van der Waals surface area (Å²) in [6, 6.07) is 7.25. The summed E-state index contributed by atoms with van der Waals surface area (Å²) < 4.78 is 7.84. The van der Waals surface area contributed by atoms with Gasteiger partial charge in [-0.2, -0.15) is 4.98 Å². The van der Waals surface area contributed by atoms with Crippen LogP contribution in [0.4, 0.5) is 0 Å². The first-order valence-electron chi connectivity index (χ1n) is 7.21. The Morgan fingerprint density at radius 1 is 1.29 bits per heavy atom. The van der Waals surface area contributed by atoms with Crippen molar-refractivity contribution < 1.29 is 9.53 Å². The van der Waals surface area contributed by atoms with Crippen molar-refractivity contribution in [3.8, 4) is 5.75 Å². The van der Waals surface area contributed by atoms with Gasteiger partial charge in [-0.3, -0.25) is 4.79 Å². The topological polar surface area (TPSA) is 69.4 Å². The molecule has 0 aliphatic heterocycles. The quantitative estimate of drug-likeness (QED) is 0.375. The summed E-state index contributed by atoms with van der Waals surface area (Å²) in [5.74, 6) is 0.689. The average molecular weight is 407 g/mol. The Labute approximate surface area is 151 Å². The number of hydrogen-bond acceptors (Lipinski definition) is 6. The molecule has 0 aliphatic carbocycles. The van der Waals surface area contributed by atoms with E-state index in [1.165, 1.54) is 11.8 Å². The van der Waals surface area contributed by atoms with Crippen LogP contribution in [0.25, 0.3) is 5.78 Å². The van der Waals surface area contributed by atoms with Gasteiger partial charge in [-0.15, -0.1) is 5.10 Å². The van der Waals surface area contributed by atoms with E-state index in [1.54, 1.807) is 10.6 Å². The lowest BCUT2D eigenvalue weighted by Crippen LogP contribution is -2.16. The molecule has 0 fully saturated rings. The lowest BCUT2D eigenvalue weighted by atomic mass is 10.1. The Hall–Kier alpha value is -1.93. The first kappa shape index (κ1) is 16.9. The summed E-state index contributed by atoms with van der Waals surface area (Å²) in [6.45, 7) is 3.77. The highest BCUT2D eigenvalue weighted by atomic mass is 79.9. The van der Waals surface area contributed by atoms with E-state index in [4.69, 9.17) is 4.74 Å². The number of hydrogen-bond donors (Lipinski definition) is 0. The zero-order chi connectivity index (χ0) is 17.3. The summed E-state index contributed by atoms with van der Waals surface area (Å²) in [6.07, 6.45) is 2.03. The highest BCUT2D eigenvalue weighted by Gasteiger charge is 2.17. The number of nitrogens with zero attached hydrogens (tertiary/aromatic N) is 4. The minimum atomic E-state index is -0.348. The Bertz CT molecular complexity index is 926. The lowest BCUT2D eigenvalue weighted by molar-refractivity contribution is -0.133. The zero-order valence-electron chi connectivity index (χ0n) is 13.4. The number of rotatable bonds is 4. The third-order valence-corrected chi connectivity index (χ3v) is 4.79. The number of benzene rings is 1. The highest BCUT2D eigenvalue weighted by Crippen LogP contribution is 2.25. The van der Waals surface area contributed by atoms with Gasteiger partial charge in [-0.1, -0.05) is 23.9 Å². The molecule has 2 heterocycles. The van der Waals surface area contributed by atoms with Crippen LogP contribution in [0.3, 0.4) is 0 Å². The third-order valence-electron chi connectivity index (χ3n) is 3.59. The van der Waals surface area contributed by atoms with Crippen LogP contribution in [0.2, 0.25) is 0 Å². The van der Waals surface area contributed by atoms with Crippen LogP contribution >= 0.6 is 27.7 Å². The van der Waals surface area contributed by atoms with E-state index in [9.17, 15) is 4.79 Å². The summed E-state index contributed by atoms with van der Waals surface area (Å²) in [5, 5.41) is 5.04. The molecule has 0 radical (unpaired) electrons. The SMILES string of the molecule is CSc1nc2nc(C)c(CC(=O)Oc3ccccc3Br)c(C)n2n1. The number of aromatic nitrogens is 4. The van der Waals surface area contributed by atoms with Crippen molar-refractivity contribution in [1.82, 2.24) is 19.6 Å². The van der Waals surface area contributed by atoms with Gasteiger partial charge >= 0.3 is 5.97 Å². The van der Waals surface area contributed by atoms with E-state index < -0.39 is 0 Å². The molecule has 0 saturated heterocycles. The molecular formula is C16H15BrN4O2S. The van der Waals surface area contributed by atoms with Crippen molar-refractivity contribution in [3.63, 3.8) is 0 Å². The van der Waals surface area contributed by atoms with Crippen LogP contribution in [0.1, 0.15) is 17.0 Å². The molecule has 3 rings (SSSR count). The minimum Gasteiger partial charge on any atom is -0.425 e. The van der Waals surface area contributed by atoms with E-state index in [0.717, 1.165) is 21.4 Å². The Kier molecular flexibility index (Phi) is 4.86. The number of thioether (sulfide) groups is 1. The van der Waals surface area contributed by atoms with Crippen molar-refractivity contribution in [2.45, 2.75) is 25.4 Å². The van der Waals surface area contributed by atoms with Crippen LogP contribution in [0.15, 0.2) is 33.9 Å². The molecular weight excluding hydrogens is 392 g/mol. The summed E-state index contributed by atoms with van der Waals surface area (Å²) in [4.78, 5) is 21.1. The number of aryl methyl sites for hydroxylation is 2. The van der Waals surface area contributed by atoms with E-state index in [2.05, 4.69) is 31.0 Å². The number of esters is 1. The van der Waals surface area contributed by atoms with Crippen LogP contribution in [-0.2, 0) is 11.2 Å². The number of halogens is 1. The smallest absolute Gasteiger partial charge is 0.315 e. The fourth-order valence-corrected chi connectivity index (χ4v) is 3.06. The second-order valence-electron chi connectivity index (χ2n) is 5.15. The molecule has 2 aromatic heterocycles. The van der Waals surface area contributed by atoms with Gasteiger partial charge in [0.2, 0.25) is 5.16 Å². The fourth-order valence-electron chi connectivity index (χ4n) is 2.36. The molecule has 0 aliphatic rings. The molecule has 0 N–H and O–H groups in total.